The number of hydrogen-bond donors (Lipinski definition) is 1. The minimum atomic E-state index is -0.529. The molecule has 0 heterocycles. The maximum absolute atomic E-state index is 12.0. The summed E-state index contributed by atoms with van der Waals surface area (Å²) >= 11 is 0. The Morgan fingerprint density at radius 3 is 2.46 bits per heavy atom. The van der Waals surface area contributed by atoms with E-state index in [2.05, 4.69) is 6.07 Å². The van der Waals surface area contributed by atoms with Crippen LogP contribution in [0.3, 0.4) is 0 Å². The molecule has 0 bridgehead atoms. The third kappa shape index (κ3) is 3.70. The summed E-state index contributed by atoms with van der Waals surface area (Å²) in [5.74, 6) is 0.602. The van der Waals surface area contributed by atoms with Gasteiger partial charge in [0.15, 0.2) is 6.10 Å². The summed E-state index contributed by atoms with van der Waals surface area (Å²) < 4.78 is 5.77. The molecule has 1 N–H and O–H groups in total. The Hall–Kier alpha value is -2.85. The summed E-state index contributed by atoms with van der Waals surface area (Å²) in [7, 11) is 3.43. The van der Waals surface area contributed by atoms with Gasteiger partial charge in [0, 0.05) is 14.1 Å². The van der Waals surface area contributed by atoms with E-state index >= 15 is 0 Å². The van der Waals surface area contributed by atoms with Gasteiger partial charge in [-0.15, -0.1) is 0 Å². The fraction of sp³-hybridized carbons (Fsp3) is 0.227. The molecule has 0 radical (unpaired) electrons. The van der Waals surface area contributed by atoms with Crippen molar-refractivity contribution in [1.82, 2.24) is 4.90 Å². The standard InChI is InChI=1S/C22H23NO3/c1-15(22(25)23(2)3)26-20-11-10-16-12-18(9-8-17(16)13-20)21-7-5-4-6-19(21)14-24/h4-13,15,24H,14H2,1-3H3. The number of ether oxygens (including phenoxy) is 1. The summed E-state index contributed by atoms with van der Waals surface area (Å²) in [6.07, 6.45) is -0.529. The molecule has 134 valence electrons. The normalized spacial score (nSPS) is 12.0. The molecule has 0 aliphatic carbocycles. The quantitative estimate of drug-likeness (QED) is 0.761. The van der Waals surface area contributed by atoms with Crippen molar-refractivity contribution >= 4 is 16.7 Å². The lowest BCUT2D eigenvalue weighted by Gasteiger charge is -2.18. The Balaban J connectivity index is 1.90. The number of aliphatic hydroxyl groups excluding tert-OH is 1. The van der Waals surface area contributed by atoms with Crippen LogP contribution >= 0.6 is 0 Å². The smallest absolute Gasteiger partial charge is 0.262 e. The van der Waals surface area contributed by atoms with E-state index in [1.54, 1.807) is 21.0 Å². The molecule has 0 saturated heterocycles. The van der Waals surface area contributed by atoms with Crippen LogP contribution in [0, 0.1) is 0 Å². The second-order valence-corrected chi connectivity index (χ2v) is 6.53. The van der Waals surface area contributed by atoms with Gasteiger partial charge in [0.05, 0.1) is 6.61 Å². The molecule has 1 amide bonds. The SMILES string of the molecule is CC(Oc1ccc2cc(-c3ccccc3CO)ccc2c1)C(=O)N(C)C. The predicted octanol–water partition coefficient (Wildman–Crippen LogP) is 3.85. The summed E-state index contributed by atoms with van der Waals surface area (Å²) in [5.41, 5.74) is 3.00. The molecule has 0 aliphatic heterocycles. The van der Waals surface area contributed by atoms with Crippen molar-refractivity contribution < 1.29 is 14.6 Å². The first-order chi connectivity index (χ1) is 12.5. The van der Waals surface area contributed by atoms with Gasteiger partial charge in [-0.05, 0) is 52.6 Å². The predicted molar refractivity (Wildman–Crippen MR) is 104 cm³/mol. The number of nitrogens with zero attached hydrogens (tertiary/aromatic N) is 1. The highest BCUT2D eigenvalue weighted by Crippen LogP contribution is 2.29. The summed E-state index contributed by atoms with van der Waals surface area (Å²) in [6, 6.07) is 19.8. The maximum Gasteiger partial charge on any atom is 0.262 e. The van der Waals surface area contributed by atoms with Crippen LogP contribution < -0.4 is 4.74 Å². The lowest BCUT2D eigenvalue weighted by atomic mass is 9.97. The summed E-state index contributed by atoms with van der Waals surface area (Å²) in [6.45, 7) is 1.76. The van der Waals surface area contributed by atoms with Crippen molar-refractivity contribution in [3.63, 3.8) is 0 Å². The summed E-state index contributed by atoms with van der Waals surface area (Å²) in [4.78, 5) is 13.5. The third-order valence-electron chi connectivity index (χ3n) is 4.41. The van der Waals surface area contributed by atoms with Gasteiger partial charge in [-0.1, -0.05) is 42.5 Å². The average molecular weight is 349 g/mol. The molecule has 3 aromatic rings. The molecule has 0 fully saturated rings. The number of likely N-dealkylation sites (N-methyl/N-ethyl adjacent to an activating group) is 1. The van der Waals surface area contributed by atoms with Gasteiger partial charge >= 0.3 is 0 Å². The third-order valence-corrected chi connectivity index (χ3v) is 4.41. The van der Waals surface area contributed by atoms with Gasteiger partial charge in [-0.3, -0.25) is 4.79 Å². The van der Waals surface area contributed by atoms with Crippen LogP contribution in [0.1, 0.15) is 12.5 Å². The minimum Gasteiger partial charge on any atom is -0.481 e. The molecule has 0 saturated carbocycles. The van der Waals surface area contributed by atoms with Crippen LogP contribution in [0.5, 0.6) is 5.75 Å². The zero-order valence-corrected chi connectivity index (χ0v) is 15.3. The van der Waals surface area contributed by atoms with E-state index in [4.69, 9.17) is 4.74 Å². The monoisotopic (exact) mass is 349 g/mol. The van der Waals surface area contributed by atoms with Gasteiger partial charge in [0.1, 0.15) is 5.75 Å². The molecule has 1 unspecified atom stereocenters. The van der Waals surface area contributed by atoms with Gasteiger partial charge in [-0.2, -0.15) is 0 Å². The number of benzene rings is 3. The van der Waals surface area contributed by atoms with Crippen LogP contribution in [0.4, 0.5) is 0 Å². The lowest BCUT2D eigenvalue weighted by molar-refractivity contribution is -0.135. The molecule has 0 spiro atoms. The minimum absolute atomic E-state index is 0.0127. The molecular formula is C22H23NO3. The van der Waals surface area contributed by atoms with Gasteiger partial charge in [-0.25, -0.2) is 0 Å². The van der Waals surface area contributed by atoms with Crippen molar-refractivity contribution in [3.8, 4) is 16.9 Å². The number of amides is 1. The molecule has 26 heavy (non-hydrogen) atoms. The van der Waals surface area contributed by atoms with E-state index < -0.39 is 6.10 Å². The van der Waals surface area contributed by atoms with E-state index in [1.807, 2.05) is 54.6 Å². The Morgan fingerprint density at radius 1 is 1.04 bits per heavy atom. The average Bonchev–Trinajstić information content (AvgIpc) is 2.66. The first-order valence-corrected chi connectivity index (χ1v) is 8.60. The number of aliphatic hydroxyl groups is 1. The van der Waals surface area contributed by atoms with Crippen molar-refractivity contribution in [2.75, 3.05) is 14.1 Å². The van der Waals surface area contributed by atoms with Crippen LogP contribution in [0.2, 0.25) is 0 Å². The molecule has 0 aromatic heterocycles. The van der Waals surface area contributed by atoms with E-state index in [0.717, 1.165) is 27.5 Å². The zero-order valence-electron chi connectivity index (χ0n) is 15.3. The highest BCUT2D eigenvalue weighted by atomic mass is 16.5. The topological polar surface area (TPSA) is 49.8 Å². The lowest BCUT2D eigenvalue weighted by Crippen LogP contribution is -2.35. The van der Waals surface area contributed by atoms with Crippen LogP contribution in [-0.2, 0) is 11.4 Å². The second kappa shape index (κ2) is 7.58. The van der Waals surface area contributed by atoms with E-state index in [-0.39, 0.29) is 12.5 Å². The Bertz CT molecular complexity index is 934. The number of fused-ring (bicyclic) bond motifs is 1. The fourth-order valence-corrected chi connectivity index (χ4v) is 3.02. The van der Waals surface area contributed by atoms with Gasteiger partial charge in [0.2, 0.25) is 0 Å². The number of carbonyl (C=O) groups excluding carboxylic acids is 1. The van der Waals surface area contributed by atoms with Crippen molar-refractivity contribution in [2.24, 2.45) is 0 Å². The van der Waals surface area contributed by atoms with Crippen LogP contribution in [0.25, 0.3) is 21.9 Å². The fourth-order valence-electron chi connectivity index (χ4n) is 3.02. The first-order valence-electron chi connectivity index (χ1n) is 8.60. The highest BCUT2D eigenvalue weighted by molar-refractivity contribution is 5.89. The molecule has 4 heteroatoms. The molecule has 1 atom stereocenters. The van der Waals surface area contributed by atoms with Gasteiger partial charge in [0.25, 0.3) is 5.91 Å². The zero-order chi connectivity index (χ0) is 18.7. The first kappa shape index (κ1) is 18.0. The van der Waals surface area contributed by atoms with Crippen LogP contribution in [0.15, 0.2) is 60.7 Å². The van der Waals surface area contributed by atoms with E-state index in [0.29, 0.717) is 5.75 Å². The number of hydrogen-bond acceptors (Lipinski definition) is 3. The largest absolute Gasteiger partial charge is 0.481 e. The van der Waals surface area contributed by atoms with E-state index in [9.17, 15) is 9.90 Å². The van der Waals surface area contributed by atoms with Crippen LogP contribution in [-0.4, -0.2) is 36.1 Å². The molecule has 3 aromatic carbocycles. The van der Waals surface area contributed by atoms with Crippen molar-refractivity contribution in [2.45, 2.75) is 19.6 Å². The summed E-state index contributed by atoms with van der Waals surface area (Å²) in [5, 5.41) is 11.7. The molecule has 0 aliphatic rings. The van der Waals surface area contributed by atoms with E-state index in [1.165, 1.54) is 4.90 Å². The Labute approximate surface area is 153 Å². The molecule has 3 rings (SSSR count). The molecular weight excluding hydrogens is 326 g/mol. The van der Waals surface area contributed by atoms with Gasteiger partial charge < -0.3 is 14.7 Å². The highest BCUT2D eigenvalue weighted by Gasteiger charge is 2.16. The van der Waals surface area contributed by atoms with Crippen molar-refractivity contribution in [1.29, 1.82) is 0 Å². The number of carbonyl (C=O) groups is 1. The molecule has 4 nitrogen and oxygen atoms in total. The Morgan fingerprint density at radius 2 is 1.73 bits per heavy atom. The van der Waals surface area contributed by atoms with Crippen molar-refractivity contribution in [3.05, 3.63) is 66.2 Å². The Kier molecular flexibility index (Phi) is 5.24. The number of rotatable bonds is 5. The maximum atomic E-state index is 12.0. The second-order valence-electron chi connectivity index (χ2n) is 6.53.